The fraction of sp³-hybridized carbons (Fsp3) is 0.484. The summed E-state index contributed by atoms with van der Waals surface area (Å²) in [7, 11) is 0. The quantitative estimate of drug-likeness (QED) is 0.169. The molecule has 35 heavy (non-hydrogen) atoms. The number of epoxide rings is 2. The third kappa shape index (κ3) is 7.22. The van der Waals surface area contributed by atoms with E-state index in [0.717, 1.165) is 31.1 Å². The van der Waals surface area contributed by atoms with Crippen LogP contribution in [0, 0.1) is 0 Å². The Hall–Kier alpha value is -2.56. The van der Waals surface area contributed by atoms with Crippen molar-refractivity contribution in [2.24, 2.45) is 0 Å². The van der Waals surface area contributed by atoms with Gasteiger partial charge in [0.25, 0.3) is 0 Å². The van der Waals surface area contributed by atoms with Crippen molar-refractivity contribution in [2.45, 2.75) is 75.6 Å². The van der Waals surface area contributed by atoms with Gasteiger partial charge in [0.1, 0.15) is 36.4 Å². The van der Waals surface area contributed by atoms with Crippen LogP contribution in [0.15, 0.2) is 72.8 Å². The van der Waals surface area contributed by atoms with E-state index in [-0.39, 0.29) is 30.1 Å². The van der Waals surface area contributed by atoms with Crippen molar-refractivity contribution >= 4 is 0 Å². The van der Waals surface area contributed by atoms with E-state index >= 15 is 0 Å². The van der Waals surface area contributed by atoms with Crippen LogP contribution in [0.4, 0.5) is 0 Å². The summed E-state index contributed by atoms with van der Waals surface area (Å²) >= 11 is 0. The van der Waals surface area contributed by atoms with Crippen LogP contribution in [0.25, 0.3) is 0 Å². The molecule has 0 bridgehead atoms. The molecule has 2 aliphatic heterocycles. The van der Waals surface area contributed by atoms with Gasteiger partial charge >= 0.3 is 0 Å². The molecule has 5 rings (SSSR count). The van der Waals surface area contributed by atoms with Crippen LogP contribution in [0.2, 0.25) is 0 Å². The van der Waals surface area contributed by atoms with Crippen molar-refractivity contribution in [2.75, 3.05) is 19.8 Å². The van der Waals surface area contributed by atoms with Crippen LogP contribution in [0.3, 0.4) is 0 Å². The van der Waals surface area contributed by atoms with Gasteiger partial charge in [-0.3, -0.25) is 0 Å². The van der Waals surface area contributed by atoms with Crippen LogP contribution in [0.1, 0.15) is 68.4 Å². The predicted molar refractivity (Wildman–Crippen MR) is 139 cm³/mol. The lowest BCUT2D eigenvalue weighted by Crippen LogP contribution is -2.23. The lowest BCUT2D eigenvalue weighted by molar-refractivity contribution is 0.147. The van der Waals surface area contributed by atoms with Gasteiger partial charge in [0.2, 0.25) is 0 Å². The highest BCUT2D eigenvalue weighted by Gasteiger charge is 2.34. The first-order valence-electron chi connectivity index (χ1n) is 13.4. The highest BCUT2D eigenvalue weighted by Crippen LogP contribution is 2.33. The van der Waals surface area contributed by atoms with Gasteiger partial charge in [-0.2, -0.15) is 0 Å². The highest BCUT2D eigenvalue weighted by molar-refractivity contribution is 5.41. The molecule has 0 saturated carbocycles. The molecule has 3 unspecified atom stereocenters. The van der Waals surface area contributed by atoms with Gasteiger partial charge in [-0.05, 0) is 48.2 Å². The second-order valence-corrected chi connectivity index (χ2v) is 9.96. The van der Waals surface area contributed by atoms with Gasteiger partial charge < -0.3 is 18.9 Å². The number of rotatable bonds is 14. The van der Waals surface area contributed by atoms with Gasteiger partial charge in [-0.25, -0.2) is 0 Å². The number of hydrogen-bond acceptors (Lipinski definition) is 4. The standard InChI is InChI=1S/C31H38O4/c1-2-3-4-5-6-10-30(31-22-34-31)35-28-9-7-8-26(19-28)25-13-11-23(12-14-25)24-15-17-27(18-16-24)32-20-29-21-33-29/h7-9,11-19,23,25,29-31H,2-6,10,20-22H2,1H3. The summed E-state index contributed by atoms with van der Waals surface area (Å²) in [4.78, 5) is 0. The van der Waals surface area contributed by atoms with Crippen LogP contribution in [0.5, 0.6) is 11.5 Å². The van der Waals surface area contributed by atoms with Crippen molar-refractivity contribution in [3.8, 4) is 11.5 Å². The van der Waals surface area contributed by atoms with Gasteiger partial charge in [-0.15, -0.1) is 0 Å². The first-order valence-corrected chi connectivity index (χ1v) is 13.4. The summed E-state index contributed by atoms with van der Waals surface area (Å²) in [5.74, 6) is 2.41. The van der Waals surface area contributed by atoms with E-state index in [9.17, 15) is 0 Å². The number of unbranched alkanes of at least 4 members (excludes halogenated alkanes) is 4. The average molecular weight is 475 g/mol. The van der Waals surface area contributed by atoms with E-state index in [0.29, 0.717) is 6.61 Å². The first-order chi connectivity index (χ1) is 17.3. The molecule has 4 nitrogen and oxygen atoms in total. The fourth-order valence-corrected chi connectivity index (χ4v) is 4.70. The zero-order valence-electron chi connectivity index (χ0n) is 20.8. The van der Waals surface area contributed by atoms with E-state index in [2.05, 4.69) is 79.8 Å². The lowest BCUT2D eigenvalue weighted by atomic mass is 9.87. The molecule has 0 radical (unpaired) electrons. The number of hydrogen-bond donors (Lipinski definition) is 0. The average Bonchev–Trinajstić information content (AvgIpc) is 3.82. The molecule has 3 aliphatic rings. The number of benzene rings is 2. The molecule has 2 aromatic rings. The monoisotopic (exact) mass is 474 g/mol. The van der Waals surface area contributed by atoms with E-state index in [1.54, 1.807) is 0 Å². The van der Waals surface area contributed by atoms with E-state index in [1.807, 2.05) is 0 Å². The zero-order chi connectivity index (χ0) is 23.9. The van der Waals surface area contributed by atoms with Crippen molar-refractivity contribution < 1.29 is 18.9 Å². The zero-order valence-corrected chi connectivity index (χ0v) is 20.8. The summed E-state index contributed by atoms with van der Waals surface area (Å²) < 4.78 is 23.0. The molecule has 0 amide bonds. The Kier molecular flexibility index (Phi) is 8.22. The molecule has 0 spiro atoms. The minimum atomic E-state index is 0.164. The minimum Gasteiger partial charge on any atom is -0.491 e. The molecule has 3 atom stereocenters. The third-order valence-electron chi connectivity index (χ3n) is 7.05. The molecule has 2 saturated heterocycles. The molecule has 1 aliphatic carbocycles. The Balaban J connectivity index is 1.14. The summed E-state index contributed by atoms with van der Waals surface area (Å²) in [6.07, 6.45) is 17.4. The maximum Gasteiger partial charge on any atom is 0.127 e. The minimum absolute atomic E-state index is 0.164. The van der Waals surface area contributed by atoms with Gasteiger partial charge in [-0.1, -0.05) is 81.2 Å². The van der Waals surface area contributed by atoms with Gasteiger partial charge in [0.15, 0.2) is 0 Å². The smallest absolute Gasteiger partial charge is 0.127 e. The Labute approximate surface area is 209 Å². The summed E-state index contributed by atoms with van der Waals surface area (Å²) in [6.45, 7) is 4.55. The Morgan fingerprint density at radius 3 is 2.20 bits per heavy atom. The molecular formula is C31H38O4. The van der Waals surface area contributed by atoms with Crippen LogP contribution in [-0.4, -0.2) is 38.1 Å². The Bertz CT molecular complexity index is 973. The van der Waals surface area contributed by atoms with E-state index in [1.165, 1.54) is 43.2 Å². The van der Waals surface area contributed by atoms with Crippen molar-refractivity contribution in [3.05, 3.63) is 84.0 Å². The predicted octanol–water partition coefficient (Wildman–Crippen LogP) is 6.96. The molecule has 186 valence electrons. The molecule has 0 N–H and O–H groups in total. The van der Waals surface area contributed by atoms with Gasteiger partial charge in [0, 0.05) is 11.8 Å². The second kappa shape index (κ2) is 11.9. The lowest BCUT2D eigenvalue weighted by Gasteiger charge is -2.20. The van der Waals surface area contributed by atoms with Crippen LogP contribution >= 0.6 is 0 Å². The van der Waals surface area contributed by atoms with Crippen LogP contribution < -0.4 is 9.47 Å². The van der Waals surface area contributed by atoms with Crippen LogP contribution in [-0.2, 0) is 9.47 Å². The topological polar surface area (TPSA) is 43.5 Å². The largest absolute Gasteiger partial charge is 0.491 e. The van der Waals surface area contributed by atoms with Crippen molar-refractivity contribution in [1.82, 2.24) is 0 Å². The molecule has 0 aromatic heterocycles. The Morgan fingerprint density at radius 1 is 0.800 bits per heavy atom. The molecule has 2 aromatic carbocycles. The summed E-state index contributed by atoms with van der Waals surface area (Å²) in [5, 5.41) is 0. The second-order valence-electron chi connectivity index (χ2n) is 9.96. The van der Waals surface area contributed by atoms with E-state index in [4.69, 9.17) is 18.9 Å². The molecular weight excluding hydrogens is 436 g/mol. The number of allylic oxidation sites excluding steroid dienone is 4. The summed E-state index contributed by atoms with van der Waals surface area (Å²) in [6, 6.07) is 17.0. The third-order valence-corrected chi connectivity index (χ3v) is 7.05. The van der Waals surface area contributed by atoms with Crippen molar-refractivity contribution in [1.29, 1.82) is 0 Å². The normalized spacial score (nSPS) is 25.3. The van der Waals surface area contributed by atoms with Gasteiger partial charge in [0.05, 0.1) is 13.2 Å². The first kappa shape index (κ1) is 24.1. The summed E-state index contributed by atoms with van der Waals surface area (Å²) in [5.41, 5.74) is 2.53. The van der Waals surface area contributed by atoms with Crippen molar-refractivity contribution in [3.63, 3.8) is 0 Å². The van der Waals surface area contributed by atoms with E-state index < -0.39 is 0 Å². The highest BCUT2D eigenvalue weighted by atomic mass is 16.6. The fourth-order valence-electron chi connectivity index (χ4n) is 4.70. The molecule has 4 heteroatoms. The Morgan fingerprint density at radius 2 is 1.51 bits per heavy atom. The molecule has 2 fully saturated rings. The maximum atomic E-state index is 6.42. The molecule has 2 heterocycles. The maximum absolute atomic E-state index is 6.42. The number of ether oxygens (including phenoxy) is 4. The SMILES string of the molecule is CCCCCCCC(Oc1cccc(C2C=CC(c3ccc(OCC4CO4)cc3)C=C2)c1)C1CO1.